The van der Waals surface area contributed by atoms with E-state index in [0.29, 0.717) is 0 Å². The first kappa shape index (κ1) is 16.8. The van der Waals surface area contributed by atoms with Gasteiger partial charge in [0, 0.05) is 13.8 Å². The van der Waals surface area contributed by atoms with Gasteiger partial charge >= 0.3 is 0 Å². The maximum Gasteiger partial charge on any atom is 0.300 e. The minimum atomic E-state index is -0.833. The smallest absolute Gasteiger partial charge is 0.300 e. The highest BCUT2D eigenvalue weighted by Crippen LogP contribution is 1.97. The Kier molecular flexibility index (Phi) is 8.52. The minimum absolute atomic E-state index is 0.0417. The maximum absolute atomic E-state index is 9.00. The molecule has 10 heteroatoms. The van der Waals surface area contributed by atoms with Gasteiger partial charge in [-0.2, -0.15) is 15.0 Å². The summed E-state index contributed by atoms with van der Waals surface area (Å²) in [5, 5.41) is 14.8. The summed E-state index contributed by atoms with van der Waals surface area (Å²) in [4.78, 5) is 28.5. The molecule has 0 spiro atoms. The van der Waals surface area contributed by atoms with Gasteiger partial charge in [0.15, 0.2) is 0 Å². The molecule has 1 aromatic heterocycles. The van der Waals surface area contributed by atoms with Crippen molar-refractivity contribution in [3.63, 3.8) is 0 Å². The molecule has 8 N–H and O–H groups in total. The van der Waals surface area contributed by atoms with Crippen molar-refractivity contribution in [1.82, 2.24) is 15.0 Å². The van der Waals surface area contributed by atoms with Crippen molar-refractivity contribution in [1.29, 1.82) is 0 Å². The zero-order chi connectivity index (χ0) is 14.0. The molecule has 0 amide bonds. The molecule has 0 aliphatic rings. The number of carbonyl (C=O) groups is 2. The molecule has 1 aromatic rings. The van der Waals surface area contributed by atoms with Crippen LogP contribution in [0.1, 0.15) is 13.8 Å². The molecule has 0 aliphatic carbocycles. The lowest BCUT2D eigenvalue weighted by atomic mass is 10.9. The van der Waals surface area contributed by atoms with Crippen LogP contribution in [0.15, 0.2) is 0 Å². The lowest BCUT2D eigenvalue weighted by molar-refractivity contribution is -0.135. The molecular formula is C7H14N6O4. The molecule has 0 unspecified atom stereocenters. The third kappa shape index (κ3) is 19.7. The van der Waals surface area contributed by atoms with E-state index < -0.39 is 11.9 Å². The van der Waals surface area contributed by atoms with Crippen LogP contribution in [0.3, 0.4) is 0 Å². The molecule has 0 saturated heterocycles. The first-order chi connectivity index (χ1) is 7.65. The number of hydrogen-bond donors (Lipinski definition) is 5. The molecule has 17 heavy (non-hydrogen) atoms. The molecule has 0 radical (unpaired) electrons. The van der Waals surface area contributed by atoms with Crippen LogP contribution >= 0.6 is 0 Å². The zero-order valence-corrected chi connectivity index (χ0v) is 9.28. The lowest BCUT2D eigenvalue weighted by Gasteiger charge is -1.93. The molecule has 10 nitrogen and oxygen atoms in total. The Morgan fingerprint density at radius 3 is 1.06 bits per heavy atom. The van der Waals surface area contributed by atoms with Crippen molar-refractivity contribution in [2.24, 2.45) is 0 Å². The van der Waals surface area contributed by atoms with Crippen molar-refractivity contribution in [3.05, 3.63) is 0 Å². The molecule has 0 bridgehead atoms. The van der Waals surface area contributed by atoms with Gasteiger partial charge in [-0.25, -0.2) is 0 Å². The number of carboxylic acid groups (broad SMARTS) is 2. The minimum Gasteiger partial charge on any atom is -0.481 e. The molecule has 0 aromatic carbocycles. The number of rotatable bonds is 0. The molecule has 1 heterocycles. The Labute approximate surface area is 96.5 Å². The summed E-state index contributed by atoms with van der Waals surface area (Å²) in [5.41, 5.74) is 15.4. The topological polar surface area (TPSA) is 191 Å². The van der Waals surface area contributed by atoms with Crippen molar-refractivity contribution in [3.8, 4) is 0 Å². The number of anilines is 3. The summed E-state index contributed by atoms with van der Waals surface area (Å²) in [5.74, 6) is -1.54. The van der Waals surface area contributed by atoms with Crippen LogP contribution < -0.4 is 17.2 Å². The predicted molar refractivity (Wildman–Crippen MR) is 59.7 cm³/mol. The Morgan fingerprint density at radius 1 is 0.824 bits per heavy atom. The molecule has 0 aliphatic heterocycles. The van der Waals surface area contributed by atoms with E-state index in [1.807, 2.05) is 0 Å². The number of nitrogens with zero attached hydrogens (tertiary/aromatic N) is 3. The van der Waals surface area contributed by atoms with Crippen molar-refractivity contribution in [2.75, 3.05) is 17.2 Å². The number of nitrogens with two attached hydrogens (primary N) is 3. The van der Waals surface area contributed by atoms with Gasteiger partial charge in [0.25, 0.3) is 11.9 Å². The van der Waals surface area contributed by atoms with Crippen molar-refractivity contribution >= 4 is 29.8 Å². The Hall–Kier alpha value is -2.65. The third-order valence-corrected chi connectivity index (χ3v) is 0.687. The number of nitrogen functional groups attached to an aromatic ring is 3. The van der Waals surface area contributed by atoms with Crippen LogP contribution in [0.25, 0.3) is 0 Å². The molecule has 0 saturated carbocycles. The summed E-state index contributed by atoms with van der Waals surface area (Å²) >= 11 is 0. The zero-order valence-electron chi connectivity index (χ0n) is 9.28. The highest BCUT2D eigenvalue weighted by molar-refractivity contribution is 5.63. The van der Waals surface area contributed by atoms with Gasteiger partial charge < -0.3 is 27.4 Å². The summed E-state index contributed by atoms with van der Waals surface area (Å²) in [6, 6.07) is 0. The third-order valence-electron chi connectivity index (χ3n) is 0.687. The van der Waals surface area contributed by atoms with Gasteiger partial charge in [-0.05, 0) is 0 Å². The standard InChI is InChI=1S/C3H6N6.2C2H4O2/c4-1-7-2(5)9-3(6)8-1;2*1-2(3)4/h(H6,4,5,6,7,8,9);2*1H3,(H,3,4). The van der Waals surface area contributed by atoms with Gasteiger partial charge in [-0.3, -0.25) is 9.59 Å². The normalized spacial score (nSPS) is 7.88. The van der Waals surface area contributed by atoms with E-state index in [4.69, 9.17) is 37.0 Å². The van der Waals surface area contributed by atoms with Crippen LogP contribution in [0, 0.1) is 0 Å². The second-order valence-corrected chi connectivity index (χ2v) is 2.45. The summed E-state index contributed by atoms with van der Waals surface area (Å²) in [7, 11) is 0. The van der Waals surface area contributed by atoms with E-state index in [0.717, 1.165) is 13.8 Å². The Bertz CT molecular complexity index is 312. The quantitative estimate of drug-likeness (QED) is 0.371. The van der Waals surface area contributed by atoms with Gasteiger partial charge in [0.05, 0.1) is 0 Å². The first-order valence-electron chi connectivity index (χ1n) is 4.06. The SMILES string of the molecule is CC(=O)O.CC(=O)O.Nc1nc(N)nc(N)n1. The average molecular weight is 246 g/mol. The van der Waals surface area contributed by atoms with Crippen molar-refractivity contribution in [2.45, 2.75) is 13.8 Å². The lowest BCUT2D eigenvalue weighted by Crippen LogP contribution is -2.05. The number of aromatic nitrogens is 3. The van der Waals surface area contributed by atoms with E-state index in [9.17, 15) is 0 Å². The first-order valence-corrected chi connectivity index (χ1v) is 4.06. The number of aliphatic carboxylic acids is 2. The molecular weight excluding hydrogens is 232 g/mol. The van der Waals surface area contributed by atoms with Crippen LogP contribution in [-0.4, -0.2) is 37.1 Å². The van der Waals surface area contributed by atoms with E-state index in [1.165, 1.54) is 0 Å². The summed E-state index contributed by atoms with van der Waals surface area (Å²) in [6.07, 6.45) is 0. The average Bonchev–Trinajstić information content (AvgIpc) is 1.96. The van der Waals surface area contributed by atoms with Gasteiger partial charge in [-0.15, -0.1) is 0 Å². The highest BCUT2D eigenvalue weighted by Gasteiger charge is 1.93. The van der Waals surface area contributed by atoms with Gasteiger partial charge in [0.2, 0.25) is 17.8 Å². The van der Waals surface area contributed by atoms with Gasteiger partial charge in [0.1, 0.15) is 0 Å². The second kappa shape index (κ2) is 8.64. The van der Waals surface area contributed by atoms with Crippen LogP contribution in [-0.2, 0) is 9.59 Å². The second-order valence-electron chi connectivity index (χ2n) is 2.45. The maximum atomic E-state index is 9.00. The fourth-order valence-corrected chi connectivity index (χ4v) is 0.427. The molecule has 96 valence electrons. The van der Waals surface area contributed by atoms with Gasteiger partial charge in [-0.1, -0.05) is 0 Å². The number of hydrogen-bond acceptors (Lipinski definition) is 8. The Morgan fingerprint density at radius 2 is 0.941 bits per heavy atom. The van der Waals surface area contributed by atoms with E-state index >= 15 is 0 Å². The monoisotopic (exact) mass is 246 g/mol. The molecule has 1 rings (SSSR count). The fourth-order valence-electron chi connectivity index (χ4n) is 0.427. The summed E-state index contributed by atoms with van der Waals surface area (Å²) < 4.78 is 0. The fraction of sp³-hybridized carbons (Fsp3) is 0.286. The van der Waals surface area contributed by atoms with Crippen LogP contribution in [0.5, 0.6) is 0 Å². The number of carboxylic acids is 2. The van der Waals surface area contributed by atoms with Crippen LogP contribution in [0.2, 0.25) is 0 Å². The Balaban J connectivity index is 0. The molecule has 0 atom stereocenters. The van der Waals surface area contributed by atoms with E-state index in [-0.39, 0.29) is 17.8 Å². The van der Waals surface area contributed by atoms with E-state index in [2.05, 4.69) is 15.0 Å². The van der Waals surface area contributed by atoms with Crippen LogP contribution in [0.4, 0.5) is 17.8 Å². The highest BCUT2D eigenvalue weighted by atomic mass is 16.4. The molecule has 0 fully saturated rings. The largest absolute Gasteiger partial charge is 0.481 e. The van der Waals surface area contributed by atoms with Crippen molar-refractivity contribution < 1.29 is 19.8 Å². The predicted octanol–water partition coefficient (Wildman–Crippen LogP) is -1.20. The van der Waals surface area contributed by atoms with E-state index in [1.54, 1.807) is 0 Å². The summed E-state index contributed by atoms with van der Waals surface area (Å²) in [6.45, 7) is 2.17.